The number of benzene rings is 1. The van der Waals surface area contributed by atoms with Crippen LogP contribution in [0.5, 0.6) is 5.75 Å². The monoisotopic (exact) mass is 233 g/mol. The molecule has 17 heavy (non-hydrogen) atoms. The highest BCUT2D eigenvalue weighted by Gasteiger charge is 2.15. The lowest BCUT2D eigenvalue weighted by Gasteiger charge is -2.24. The Balaban J connectivity index is 2.11. The summed E-state index contributed by atoms with van der Waals surface area (Å²) in [4.78, 5) is 11.1. The van der Waals surface area contributed by atoms with Gasteiger partial charge in [-0.2, -0.15) is 0 Å². The van der Waals surface area contributed by atoms with Gasteiger partial charge in [0.05, 0.1) is 7.11 Å². The molecular weight excluding hydrogens is 214 g/mol. The number of aldehydes is 1. The Hall–Kier alpha value is -1.35. The zero-order valence-corrected chi connectivity index (χ0v) is 10.2. The maximum Gasteiger partial charge on any atom is 0.150 e. The van der Waals surface area contributed by atoms with E-state index >= 15 is 0 Å². The van der Waals surface area contributed by atoms with Gasteiger partial charge in [-0.1, -0.05) is 12.5 Å². The van der Waals surface area contributed by atoms with Gasteiger partial charge in [0, 0.05) is 11.6 Å². The highest BCUT2D eigenvalue weighted by molar-refractivity contribution is 5.78. The molecule has 1 atom stereocenters. The predicted octanol–water partition coefficient (Wildman–Crippen LogP) is 2.19. The Morgan fingerprint density at radius 3 is 3.00 bits per heavy atom. The van der Waals surface area contributed by atoms with Crippen molar-refractivity contribution in [3.63, 3.8) is 0 Å². The van der Waals surface area contributed by atoms with Crippen LogP contribution in [0.2, 0.25) is 0 Å². The van der Waals surface area contributed by atoms with Crippen LogP contribution in [-0.2, 0) is 6.42 Å². The fraction of sp³-hybridized carbons (Fsp3) is 0.500. The fourth-order valence-corrected chi connectivity index (χ4v) is 2.36. The van der Waals surface area contributed by atoms with E-state index in [1.54, 1.807) is 7.11 Å². The second kappa shape index (κ2) is 5.82. The fourth-order valence-electron chi connectivity index (χ4n) is 2.36. The van der Waals surface area contributed by atoms with Gasteiger partial charge >= 0.3 is 0 Å². The van der Waals surface area contributed by atoms with Gasteiger partial charge in [-0.05, 0) is 43.5 Å². The summed E-state index contributed by atoms with van der Waals surface area (Å²) in [6.45, 7) is 1.09. The van der Waals surface area contributed by atoms with Gasteiger partial charge in [0.2, 0.25) is 0 Å². The van der Waals surface area contributed by atoms with Gasteiger partial charge < -0.3 is 10.1 Å². The van der Waals surface area contributed by atoms with Crippen LogP contribution in [0.1, 0.15) is 35.2 Å². The molecule has 1 N–H and O–H groups in total. The molecule has 1 heterocycles. The number of nitrogens with one attached hydrogen (secondary N) is 1. The molecule has 1 aliphatic rings. The van der Waals surface area contributed by atoms with Crippen LogP contribution in [0.15, 0.2) is 18.2 Å². The molecule has 0 radical (unpaired) electrons. The Morgan fingerprint density at radius 2 is 2.35 bits per heavy atom. The average Bonchev–Trinajstić information content (AvgIpc) is 2.40. The van der Waals surface area contributed by atoms with Crippen LogP contribution < -0.4 is 10.1 Å². The van der Waals surface area contributed by atoms with Gasteiger partial charge in [0.1, 0.15) is 12.0 Å². The molecule has 1 fully saturated rings. The molecule has 0 aromatic heterocycles. The van der Waals surface area contributed by atoms with E-state index in [4.69, 9.17) is 4.74 Å². The summed E-state index contributed by atoms with van der Waals surface area (Å²) < 4.78 is 5.13. The van der Waals surface area contributed by atoms with E-state index < -0.39 is 0 Å². The molecule has 1 aromatic rings. The minimum absolute atomic E-state index is 0.510. The smallest absolute Gasteiger partial charge is 0.150 e. The minimum Gasteiger partial charge on any atom is -0.497 e. The third kappa shape index (κ3) is 3.07. The largest absolute Gasteiger partial charge is 0.497 e. The number of carbonyl (C=O) groups is 1. The van der Waals surface area contributed by atoms with Crippen molar-refractivity contribution in [1.82, 2.24) is 5.32 Å². The number of rotatable bonds is 4. The first-order chi connectivity index (χ1) is 8.33. The Bertz CT molecular complexity index is 384. The summed E-state index contributed by atoms with van der Waals surface area (Å²) in [5, 5.41) is 3.50. The van der Waals surface area contributed by atoms with E-state index in [2.05, 4.69) is 5.32 Å². The minimum atomic E-state index is 0.510. The predicted molar refractivity (Wildman–Crippen MR) is 67.7 cm³/mol. The molecule has 3 heteroatoms. The second-order valence-corrected chi connectivity index (χ2v) is 4.53. The van der Waals surface area contributed by atoms with E-state index in [-0.39, 0.29) is 0 Å². The lowest BCUT2D eigenvalue weighted by molar-refractivity contribution is 0.112. The molecule has 1 unspecified atom stereocenters. The van der Waals surface area contributed by atoms with Crippen molar-refractivity contribution in [3.05, 3.63) is 29.3 Å². The van der Waals surface area contributed by atoms with Gasteiger partial charge in [-0.25, -0.2) is 0 Å². The number of hydrogen-bond donors (Lipinski definition) is 1. The zero-order chi connectivity index (χ0) is 12.1. The summed E-state index contributed by atoms with van der Waals surface area (Å²) in [7, 11) is 1.62. The van der Waals surface area contributed by atoms with Gasteiger partial charge in [-0.3, -0.25) is 4.79 Å². The van der Waals surface area contributed by atoms with Crippen molar-refractivity contribution < 1.29 is 9.53 Å². The van der Waals surface area contributed by atoms with Gasteiger partial charge in [-0.15, -0.1) is 0 Å². The first-order valence-electron chi connectivity index (χ1n) is 6.19. The lowest BCUT2D eigenvalue weighted by atomic mass is 9.95. The molecule has 1 aliphatic heterocycles. The molecule has 0 bridgehead atoms. The standard InChI is InChI=1S/C14H19NO2/c1-17-14-6-5-11(12(9-14)10-16)8-13-4-2-3-7-15-13/h5-6,9-10,13,15H,2-4,7-8H2,1H3. The SMILES string of the molecule is COc1ccc(CC2CCCCN2)c(C=O)c1. The maximum absolute atomic E-state index is 11.1. The number of piperidine rings is 1. The molecular formula is C14H19NO2. The average molecular weight is 233 g/mol. The first kappa shape index (κ1) is 12.1. The molecule has 1 saturated heterocycles. The van der Waals surface area contributed by atoms with E-state index in [0.29, 0.717) is 6.04 Å². The highest BCUT2D eigenvalue weighted by atomic mass is 16.5. The molecule has 0 amide bonds. The summed E-state index contributed by atoms with van der Waals surface area (Å²) >= 11 is 0. The van der Waals surface area contributed by atoms with E-state index in [9.17, 15) is 4.79 Å². The van der Waals surface area contributed by atoms with Crippen LogP contribution in [0.25, 0.3) is 0 Å². The molecule has 1 aromatic carbocycles. The lowest BCUT2D eigenvalue weighted by Crippen LogP contribution is -2.35. The number of ether oxygens (including phenoxy) is 1. The van der Waals surface area contributed by atoms with Crippen LogP contribution in [0.3, 0.4) is 0 Å². The van der Waals surface area contributed by atoms with Crippen LogP contribution in [0.4, 0.5) is 0 Å². The molecule has 0 aliphatic carbocycles. The molecule has 92 valence electrons. The number of carbonyl (C=O) groups excluding carboxylic acids is 1. The zero-order valence-electron chi connectivity index (χ0n) is 10.2. The normalized spacial score (nSPS) is 19.9. The van der Waals surface area contributed by atoms with Crippen molar-refractivity contribution in [1.29, 1.82) is 0 Å². The summed E-state index contributed by atoms with van der Waals surface area (Å²) in [6.07, 6.45) is 5.59. The third-order valence-corrected chi connectivity index (χ3v) is 3.36. The third-order valence-electron chi connectivity index (χ3n) is 3.36. The summed E-state index contributed by atoms with van der Waals surface area (Å²) in [5.41, 5.74) is 1.86. The Morgan fingerprint density at radius 1 is 1.47 bits per heavy atom. The Labute approximate surface area is 102 Å². The van der Waals surface area contributed by atoms with Crippen molar-refractivity contribution in [2.75, 3.05) is 13.7 Å². The number of methoxy groups -OCH3 is 1. The molecule has 2 rings (SSSR count). The topological polar surface area (TPSA) is 38.3 Å². The summed E-state index contributed by atoms with van der Waals surface area (Å²) in [6, 6.07) is 6.24. The highest BCUT2D eigenvalue weighted by Crippen LogP contribution is 2.19. The van der Waals surface area contributed by atoms with Gasteiger partial charge in [0.25, 0.3) is 0 Å². The van der Waals surface area contributed by atoms with Crippen LogP contribution in [-0.4, -0.2) is 26.0 Å². The van der Waals surface area contributed by atoms with E-state index in [0.717, 1.165) is 36.1 Å². The maximum atomic E-state index is 11.1. The number of hydrogen-bond acceptors (Lipinski definition) is 3. The van der Waals surface area contributed by atoms with Gasteiger partial charge in [0.15, 0.2) is 0 Å². The summed E-state index contributed by atoms with van der Waals surface area (Å²) in [5.74, 6) is 0.743. The first-order valence-corrected chi connectivity index (χ1v) is 6.19. The van der Waals surface area contributed by atoms with Crippen LogP contribution >= 0.6 is 0 Å². The molecule has 3 nitrogen and oxygen atoms in total. The Kier molecular flexibility index (Phi) is 4.15. The van der Waals surface area contributed by atoms with Crippen molar-refractivity contribution in [3.8, 4) is 5.75 Å². The van der Waals surface area contributed by atoms with Crippen molar-refractivity contribution in [2.45, 2.75) is 31.7 Å². The van der Waals surface area contributed by atoms with Crippen LogP contribution in [0, 0.1) is 0 Å². The quantitative estimate of drug-likeness (QED) is 0.810. The van der Waals surface area contributed by atoms with E-state index in [1.165, 1.54) is 19.3 Å². The van der Waals surface area contributed by atoms with Crippen molar-refractivity contribution >= 4 is 6.29 Å². The molecule has 0 saturated carbocycles. The molecule has 0 spiro atoms. The van der Waals surface area contributed by atoms with Crippen molar-refractivity contribution in [2.24, 2.45) is 0 Å². The second-order valence-electron chi connectivity index (χ2n) is 4.53. The van der Waals surface area contributed by atoms with E-state index in [1.807, 2.05) is 18.2 Å².